The van der Waals surface area contributed by atoms with Gasteiger partial charge in [-0.2, -0.15) is 0 Å². The third-order valence-electron chi connectivity index (χ3n) is 6.28. The average Bonchev–Trinajstić information content (AvgIpc) is 2.91. The van der Waals surface area contributed by atoms with E-state index in [9.17, 15) is 9.70 Å². The quantitative estimate of drug-likeness (QED) is 0.271. The van der Waals surface area contributed by atoms with Gasteiger partial charge in [0.25, 0.3) is 5.56 Å². The smallest absolute Gasteiger partial charge is 0.262 e. The monoisotopic (exact) mass is 460 g/mol. The molecule has 0 aliphatic carbocycles. The molecule has 0 atom stereocenters. The first kappa shape index (κ1) is 22.2. The van der Waals surface area contributed by atoms with Crippen molar-refractivity contribution in [1.29, 1.82) is 0 Å². The van der Waals surface area contributed by atoms with Gasteiger partial charge in [-0.15, -0.1) is 4.91 Å². The van der Waals surface area contributed by atoms with Crippen LogP contribution < -0.4 is 10.5 Å². The van der Waals surface area contributed by atoms with Crippen molar-refractivity contribution in [2.45, 2.75) is 13.0 Å². The van der Waals surface area contributed by atoms with Gasteiger partial charge in [0.05, 0.1) is 16.9 Å². The minimum absolute atomic E-state index is 0.0963. The van der Waals surface area contributed by atoms with Crippen LogP contribution in [0.1, 0.15) is 23.0 Å². The van der Waals surface area contributed by atoms with Gasteiger partial charge in [-0.3, -0.25) is 9.36 Å². The van der Waals surface area contributed by atoms with E-state index in [1.54, 1.807) is 16.7 Å². The first-order chi connectivity index (χ1) is 17.1. The molecule has 5 rings (SSSR count). The molecule has 0 saturated carbocycles. The van der Waals surface area contributed by atoms with Gasteiger partial charge < -0.3 is 4.90 Å². The first-order valence-electron chi connectivity index (χ1n) is 11.4. The lowest BCUT2D eigenvalue weighted by molar-refractivity contribution is 0.620. The highest BCUT2D eigenvalue weighted by atomic mass is 16.3. The van der Waals surface area contributed by atoms with Gasteiger partial charge in [0.15, 0.2) is 0 Å². The number of fused-ring (bicyclic) bond motifs is 1. The van der Waals surface area contributed by atoms with Crippen LogP contribution in [0.15, 0.2) is 113 Å². The minimum atomic E-state index is -0.299. The molecule has 1 aromatic heterocycles. The molecule has 6 heteroatoms. The Bertz CT molecular complexity index is 1510. The fourth-order valence-electron chi connectivity index (χ4n) is 4.46. The Morgan fingerprint density at radius 2 is 1.37 bits per heavy atom. The van der Waals surface area contributed by atoms with Crippen molar-refractivity contribution < 1.29 is 0 Å². The van der Waals surface area contributed by atoms with E-state index in [2.05, 4.69) is 5.18 Å². The summed E-state index contributed by atoms with van der Waals surface area (Å²) < 4.78 is 1.78. The topological polar surface area (TPSA) is 67.6 Å². The van der Waals surface area contributed by atoms with Crippen LogP contribution in [0.2, 0.25) is 0 Å². The second-order valence-corrected chi connectivity index (χ2v) is 8.43. The van der Waals surface area contributed by atoms with Gasteiger partial charge in [0, 0.05) is 18.4 Å². The fraction of sp³-hybridized carbons (Fsp3) is 0.103. The zero-order valence-corrected chi connectivity index (χ0v) is 19.5. The molecule has 6 nitrogen and oxygen atoms in total. The van der Waals surface area contributed by atoms with Gasteiger partial charge in [0.1, 0.15) is 11.5 Å². The molecule has 0 spiro atoms. The van der Waals surface area contributed by atoms with Gasteiger partial charge in [0.2, 0.25) is 0 Å². The normalized spacial score (nSPS) is 11.1. The highest BCUT2D eigenvalue weighted by Crippen LogP contribution is 2.30. The predicted octanol–water partition coefficient (Wildman–Crippen LogP) is 6.51. The van der Waals surface area contributed by atoms with Gasteiger partial charge >= 0.3 is 0 Å². The maximum absolute atomic E-state index is 14.0. The molecule has 4 aromatic carbocycles. The Kier molecular flexibility index (Phi) is 5.94. The van der Waals surface area contributed by atoms with Gasteiger partial charge in [-0.05, 0) is 65.7 Å². The SMILES string of the molecule is Cc1nc2ccc(N(C)c3ccc(N=O)cc3)cc2c(=O)n1C(c1ccccc1)c1ccccc1. The zero-order valence-electron chi connectivity index (χ0n) is 19.5. The van der Waals surface area contributed by atoms with Gasteiger partial charge in [-0.25, -0.2) is 4.98 Å². The molecule has 0 amide bonds. The van der Waals surface area contributed by atoms with Crippen molar-refractivity contribution in [2.24, 2.45) is 5.18 Å². The number of aryl methyl sites for hydroxylation is 1. The highest BCUT2D eigenvalue weighted by molar-refractivity contribution is 5.83. The molecule has 0 N–H and O–H groups in total. The van der Waals surface area contributed by atoms with E-state index in [0.29, 0.717) is 22.4 Å². The molecule has 5 aromatic rings. The summed E-state index contributed by atoms with van der Waals surface area (Å²) >= 11 is 0. The lowest BCUT2D eigenvalue weighted by atomic mass is 9.98. The lowest BCUT2D eigenvalue weighted by Gasteiger charge is -2.24. The van der Waals surface area contributed by atoms with Crippen LogP contribution in [-0.4, -0.2) is 16.6 Å². The molecule has 172 valence electrons. The Morgan fingerprint density at radius 1 is 0.800 bits per heavy atom. The highest BCUT2D eigenvalue weighted by Gasteiger charge is 2.21. The molecule has 0 unspecified atom stereocenters. The third-order valence-corrected chi connectivity index (χ3v) is 6.28. The van der Waals surface area contributed by atoms with Crippen molar-refractivity contribution in [1.82, 2.24) is 9.55 Å². The summed E-state index contributed by atoms with van der Waals surface area (Å²) in [5.74, 6) is 0.651. The van der Waals surface area contributed by atoms with Crippen molar-refractivity contribution in [3.8, 4) is 0 Å². The maximum atomic E-state index is 14.0. The van der Waals surface area contributed by atoms with Crippen molar-refractivity contribution in [3.05, 3.63) is 135 Å². The Labute approximate surface area is 203 Å². The van der Waals surface area contributed by atoms with Crippen molar-refractivity contribution in [3.63, 3.8) is 0 Å². The molecular formula is C29H24N4O2. The van der Waals surface area contributed by atoms with Crippen LogP contribution in [0, 0.1) is 11.8 Å². The van der Waals surface area contributed by atoms with E-state index < -0.39 is 0 Å². The average molecular weight is 461 g/mol. The Hall–Kier alpha value is -4.58. The summed E-state index contributed by atoms with van der Waals surface area (Å²) in [6, 6.07) is 32.4. The summed E-state index contributed by atoms with van der Waals surface area (Å²) in [5.41, 5.74) is 4.68. The van der Waals surface area contributed by atoms with Crippen LogP contribution in [0.5, 0.6) is 0 Å². The molecule has 1 heterocycles. The van der Waals surface area contributed by atoms with Crippen molar-refractivity contribution >= 4 is 28.0 Å². The second-order valence-electron chi connectivity index (χ2n) is 8.43. The third kappa shape index (κ3) is 4.22. The van der Waals surface area contributed by atoms with Gasteiger partial charge in [-0.1, -0.05) is 60.7 Å². The van der Waals surface area contributed by atoms with E-state index in [4.69, 9.17) is 4.98 Å². The second kappa shape index (κ2) is 9.35. The van der Waals surface area contributed by atoms with Crippen LogP contribution in [0.25, 0.3) is 10.9 Å². The largest absolute Gasteiger partial charge is 0.345 e. The number of hydrogen-bond donors (Lipinski definition) is 0. The summed E-state index contributed by atoms with van der Waals surface area (Å²) in [4.78, 5) is 31.5. The molecule has 0 aliphatic rings. The van der Waals surface area contributed by atoms with Crippen LogP contribution in [0.4, 0.5) is 17.1 Å². The van der Waals surface area contributed by atoms with Crippen LogP contribution in [0.3, 0.4) is 0 Å². The summed E-state index contributed by atoms with van der Waals surface area (Å²) in [6.07, 6.45) is 0. The first-order valence-corrected chi connectivity index (χ1v) is 11.4. The van der Waals surface area contributed by atoms with E-state index in [0.717, 1.165) is 22.5 Å². The summed E-state index contributed by atoms with van der Waals surface area (Å²) in [7, 11) is 1.92. The zero-order chi connectivity index (χ0) is 24.4. The van der Waals surface area contributed by atoms with Crippen LogP contribution in [-0.2, 0) is 0 Å². The van der Waals surface area contributed by atoms with E-state index in [1.807, 2.05) is 110 Å². The number of rotatable bonds is 6. The van der Waals surface area contributed by atoms with Crippen molar-refractivity contribution in [2.75, 3.05) is 11.9 Å². The molecule has 0 radical (unpaired) electrons. The number of nitroso groups, excluding NO2 is 1. The lowest BCUT2D eigenvalue weighted by Crippen LogP contribution is -2.29. The fourth-order valence-corrected chi connectivity index (χ4v) is 4.46. The molecule has 0 bridgehead atoms. The van der Waals surface area contributed by atoms with Crippen LogP contribution >= 0.6 is 0 Å². The number of benzene rings is 4. The van der Waals surface area contributed by atoms with E-state index in [-0.39, 0.29) is 11.6 Å². The number of anilines is 2. The van der Waals surface area contributed by atoms with E-state index in [1.165, 1.54) is 0 Å². The Morgan fingerprint density at radius 3 is 1.94 bits per heavy atom. The Balaban J connectivity index is 1.67. The molecule has 0 aliphatic heterocycles. The van der Waals surface area contributed by atoms with E-state index >= 15 is 0 Å². The predicted molar refractivity (Wildman–Crippen MR) is 141 cm³/mol. The number of aromatic nitrogens is 2. The minimum Gasteiger partial charge on any atom is -0.345 e. The molecule has 0 saturated heterocycles. The number of nitrogens with zero attached hydrogens (tertiary/aromatic N) is 4. The molecule has 35 heavy (non-hydrogen) atoms. The number of hydrogen-bond acceptors (Lipinski definition) is 5. The molecule has 0 fully saturated rings. The standard InChI is InChI=1S/C29H24N4O2/c1-20-30-27-18-17-25(32(2)24-15-13-23(31-35)14-16-24)19-26(27)29(34)33(20)28(21-9-5-3-6-10-21)22-11-7-4-8-12-22/h3-19,28H,1-2H3. The summed E-state index contributed by atoms with van der Waals surface area (Å²) in [5, 5.41) is 3.50. The maximum Gasteiger partial charge on any atom is 0.262 e. The summed E-state index contributed by atoms with van der Waals surface area (Å²) in [6.45, 7) is 1.88. The molecular weight excluding hydrogens is 436 g/mol.